The molecule has 0 aromatic heterocycles. The molecule has 94 valence electrons. The van der Waals surface area contributed by atoms with E-state index in [0.29, 0.717) is 6.04 Å². The van der Waals surface area contributed by atoms with Crippen LogP contribution in [0.1, 0.15) is 26.2 Å². The Labute approximate surface area is 110 Å². The third-order valence-corrected chi connectivity index (χ3v) is 3.82. The number of nitrogens with one attached hydrogen (secondary N) is 1. The molecule has 0 saturated heterocycles. The molecule has 0 spiro atoms. The summed E-state index contributed by atoms with van der Waals surface area (Å²) in [5.41, 5.74) is 0. The van der Waals surface area contributed by atoms with Crippen molar-refractivity contribution >= 4 is 11.8 Å². The fraction of sp³-hybridized carbons (Fsp3) is 0.467. The van der Waals surface area contributed by atoms with E-state index in [1.807, 2.05) is 17.8 Å². The number of rotatable bonds is 9. The summed E-state index contributed by atoms with van der Waals surface area (Å²) >= 11 is 1.94. The Morgan fingerprint density at radius 1 is 1.35 bits per heavy atom. The highest BCUT2D eigenvalue weighted by atomic mass is 32.2. The Bertz CT molecular complexity index is 297. The van der Waals surface area contributed by atoms with Crippen LogP contribution in [0.25, 0.3) is 0 Å². The third-order valence-electron chi connectivity index (χ3n) is 2.65. The van der Waals surface area contributed by atoms with Crippen LogP contribution in [0.3, 0.4) is 0 Å². The van der Waals surface area contributed by atoms with Crippen LogP contribution in [0.2, 0.25) is 0 Å². The Kier molecular flexibility index (Phi) is 7.85. The predicted octanol–water partition coefficient (Wildman–Crippen LogP) is 4.11. The molecule has 0 fully saturated rings. The fourth-order valence-electron chi connectivity index (χ4n) is 1.76. The van der Waals surface area contributed by atoms with E-state index in [9.17, 15) is 0 Å². The van der Waals surface area contributed by atoms with Crippen molar-refractivity contribution in [1.29, 1.82) is 0 Å². The van der Waals surface area contributed by atoms with Gasteiger partial charge in [0.1, 0.15) is 0 Å². The highest BCUT2D eigenvalue weighted by molar-refractivity contribution is 7.99. The molecule has 0 heterocycles. The molecule has 0 aliphatic carbocycles. The molecule has 2 heteroatoms. The quantitative estimate of drug-likeness (QED) is 0.401. The molecule has 1 atom stereocenters. The first-order chi connectivity index (χ1) is 8.36. The molecular weight excluding hydrogens is 226 g/mol. The summed E-state index contributed by atoms with van der Waals surface area (Å²) in [6.45, 7) is 7.00. The first-order valence-electron chi connectivity index (χ1n) is 6.39. The zero-order valence-corrected chi connectivity index (χ0v) is 11.5. The summed E-state index contributed by atoms with van der Waals surface area (Å²) in [6, 6.07) is 11.2. The third kappa shape index (κ3) is 6.54. The topological polar surface area (TPSA) is 12.0 Å². The van der Waals surface area contributed by atoms with Gasteiger partial charge in [-0.25, -0.2) is 0 Å². The van der Waals surface area contributed by atoms with Crippen molar-refractivity contribution in [2.45, 2.75) is 37.1 Å². The van der Waals surface area contributed by atoms with Crippen LogP contribution in [-0.4, -0.2) is 18.3 Å². The minimum absolute atomic E-state index is 0.616. The van der Waals surface area contributed by atoms with Crippen LogP contribution in [0.5, 0.6) is 0 Å². The summed E-state index contributed by atoms with van der Waals surface area (Å²) in [6.07, 6.45) is 5.60. The van der Waals surface area contributed by atoms with Crippen LogP contribution < -0.4 is 5.32 Å². The van der Waals surface area contributed by atoms with Crippen LogP contribution in [0, 0.1) is 0 Å². The zero-order chi connectivity index (χ0) is 12.3. The molecule has 1 aromatic carbocycles. The molecule has 1 aromatic rings. The lowest BCUT2D eigenvalue weighted by Gasteiger charge is -2.17. The van der Waals surface area contributed by atoms with Crippen molar-refractivity contribution in [3.05, 3.63) is 43.0 Å². The number of allylic oxidation sites excluding steroid dienone is 1. The van der Waals surface area contributed by atoms with Crippen LogP contribution in [0.15, 0.2) is 47.9 Å². The molecule has 0 saturated carbocycles. The number of thioether (sulfide) groups is 1. The van der Waals surface area contributed by atoms with Crippen molar-refractivity contribution in [3.8, 4) is 0 Å². The first-order valence-corrected chi connectivity index (χ1v) is 7.37. The molecule has 1 nitrogen and oxygen atoms in total. The normalized spacial score (nSPS) is 12.3. The van der Waals surface area contributed by atoms with Gasteiger partial charge in [-0.05, 0) is 37.9 Å². The van der Waals surface area contributed by atoms with E-state index in [4.69, 9.17) is 0 Å². The second-order valence-corrected chi connectivity index (χ2v) is 5.19. The molecule has 0 bridgehead atoms. The van der Waals surface area contributed by atoms with Crippen LogP contribution >= 0.6 is 11.8 Å². The molecule has 0 radical (unpaired) electrons. The monoisotopic (exact) mass is 249 g/mol. The molecule has 1 unspecified atom stereocenters. The average molecular weight is 249 g/mol. The van der Waals surface area contributed by atoms with Gasteiger partial charge in [-0.2, -0.15) is 0 Å². The van der Waals surface area contributed by atoms with Crippen molar-refractivity contribution in [2.24, 2.45) is 0 Å². The minimum Gasteiger partial charge on any atom is -0.313 e. The van der Waals surface area contributed by atoms with Gasteiger partial charge in [-0.15, -0.1) is 18.3 Å². The lowest BCUT2D eigenvalue weighted by Crippen LogP contribution is -2.31. The van der Waals surface area contributed by atoms with E-state index < -0.39 is 0 Å². The van der Waals surface area contributed by atoms with Gasteiger partial charge in [0.15, 0.2) is 0 Å². The van der Waals surface area contributed by atoms with E-state index >= 15 is 0 Å². The first kappa shape index (κ1) is 14.3. The summed E-state index contributed by atoms with van der Waals surface area (Å²) in [5.74, 6) is 1.15. The molecule has 0 aliphatic rings. The number of unbranched alkanes of at least 4 members (excludes halogenated alkanes) is 1. The Morgan fingerprint density at radius 3 is 2.76 bits per heavy atom. The van der Waals surface area contributed by atoms with Crippen molar-refractivity contribution in [2.75, 3.05) is 12.3 Å². The molecule has 1 N–H and O–H groups in total. The zero-order valence-electron chi connectivity index (χ0n) is 10.7. The molecule has 0 aliphatic heterocycles. The maximum Gasteiger partial charge on any atom is 0.0161 e. The van der Waals surface area contributed by atoms with E-state index in [1.54, 1.807) is 0 Å². The maximum atomic E-state index is 3.77. The summed E-state index contributed by atoms with van der Waals surface area (Å²) in [4.78, 5) is 1.36. The average Bonchev–Trinajstić information content (AvgIpc) is 2.37. The van der Waals surface area contributed by atoms with Gasteiger partial charge in [0, 0.05) is 16.7 Å². The van der Waals surface area contributed by atoms with Gasteiger partial charge in [-0.3, -0.25) is 0 Å². The fourth-order valence-corrected chi connectivity index (χ4v) is 2.78. The van der Waals surface area contributed by atoms with Gasteiger partial charge in [-0.1, -0.05) is 31.2 Å². The number of hydrogen-bond acceptors (Lipinski definition) is 2. The standard InChI is InChI=1S/C15H23NS/c1-3-5-7-10-14(16-4-2)13-17-15-11-8-6-9-12-15/h3,6,8-9,11-12,14,16H,1,4-5,7,10,13H2,2H3. The smallest absolute Gasteiger partial charge is 0.0161 e. The SMILES string of the molecule is C=CCCCC(CSc1ccccc1)NCC. The molecular formula is C15H23NS. The highest BCUT2D eigenvalue weighted by Crippen LogP contribution is 2.19. The van der Waals surface area contributed by atoms with Crippen molar-refractivity contribution in [1.82, 2.24) is 5.32 Å². The Hall–Kier alpha value is -0.730. The second kappa shape index (κ2) is 9.32. The van der Waals surface area contributed by atoms with E-state index in [1.165, 1.54) is 17.7 Å². The summed E-state index contributed by atoms with van der Waals surface area (Å²) < 4.78 is 0. The Balaban J connectivity index is 2.30. The van der Waals surface area contributed by atoms with Gasteiger partial charge >= 0.3 is 0 Å². The minimum atomic E-state index is 0.616. The van der Waals surface area contributed by atoms with E-state index in [2.05, 4.69) is 49.2 Å². The summed E-state index contributed by atoms with van der Waals surface area (Å²) in [5, 5.41) is 3.56. The van der Waals surface area contributed by atoms with E-state index in [-0.39, 0.29) is 0 Å². The molecule has 0 amide bonds. The van der Waals surface area contributed by atoms with E-state index in [0.717, 1.165) is 18.7 Å². The van der Waals surface area contributed by atoms with Crippen LogP contribution in [0.4, 0.5) is 0 Å². The lowest BCUT2D eigenvalue weighted by molar-refractivity contribution is 0.521. The molecule has 17 heavy (non-hydrogen) atoms. The van der Waals surface area contributed by atoms with Crippen molar-refractivity contribution < 1.29 is 0 Å². The number of hydrogen-bond donors (Lipinski definition) is 1. The van der Waals surface area contributed by atoms with Gasteiger partial charge in [0.05, 0.1) is 0 Å². The molecule has 1 rings (SSSR count). The lowest BCUT2D eigenvalue weighted by atomic mass is 10.1. The Morgan fingerprint density at radius 2 is 2.12 bits per heavy atom. The van der Waals surface area contributed by atoms with Crippen LogP contribution in [-0.2, 0) is 0 Å². The largest absolute Gasteiger partial charge is 0.313 e. The summed E-state index contributed by atoms with van der Waals surface area (Å²) in [7, 11) is 0. The predicted molar refractivity (Wildman–Crippen MR) is 78.7 cm³/mol. The van der Waals surface area contributed by atoms with Gasteiger partial charge < -0.3 is 5.32 Å². The number of benzene rings is 1. The van der Waals surface area contributed by atoms with Gasteiger partial charge in [0.2, 0.25) is 0 Å². The second-order valence-electron chi connectivity index (χ2n) is 4.10. The maximum absolute atomic E-state index is 3.77. The highest BCUT2D eigenvalue weighted by Gasteiger charge is 2.07. The van der Waals surface area contributed by atoms with Gasteiger partial charge in [0.25, 0.3) is 0 Å². The van der Waals surface area contributed by atoms with Crippen molar-refractivity contribution in [3.63, 3.8) is 0 Å².